The van der Waals surface area contributed by atoms with Crippen molar-refractivity contribution in [2.24, 2.45) is 0 Å². The lowest BCUT2D eigenvalue weighted by Crippen LogP contribution is -2.37. The SMILES string of the molecule is C=S(C)(=O)Nc1cc(Cl)cc(-c2nn(C(C)C)cc2-c2ccnc(NC[C@H](C)NC(=O)OC)n2)c1F. The van der Waals surface area contributed by atoms with E-state index >= 15 is 4.39 Å². The molecule has 2 atom stereocenters. The molecule has 3 N–H and O–H groups in total. The van der Waals surface area contributed by atoms with Crippen molar-refractivity contribution in [3.8, 4) is 22.5 Å². The number of halogens is 2. The van der Waals surface area contributed by atoms with E-state index in [9.17, 15) is 9.00 Å². The summed E-state index contributed by atoms with van der Waals surface area (Å²) in [6.45, 7) is 6.03. The normalized spacial score (nSPS) is 13.7. The van der Waals surface area contributed by atoms with Crippen LogP contribution in [0.15, 0.2) is 30.6 Å². The zero-order valence-corrected chi connectivity index (χ0v) is 22.2. The van der Waals surface area contributed by atoms with Crippen LogP contribution in [0.5, 0.6) is 0 Å². The Hall–Kier alpha value is -3.38. The molecule has 0 bridgehead atoms. The van der Waals surface area contributed by atoms with Gasteiger partial charge in [-0.25, -0.2) is 23.4 Å². The van der Waals surface area contributed by atoms with E-state index < -0.39 is 21.6 Å². The van der Waals surface area contributed by atoms with Crippen molar-refractivity contribution in [1.82, 2.24) is 25.1 Å². The average molecular weight is 538 g/mol. The maximum Gasteiger partial charge on any atom is 0.407 e. The molecular weight excluding hydrogens is 509 g/mol. The first-order valence-corrected chi connectivity index (χ1v) is 13.5. The summed E-state index contributed by atoms with van der Waals surface area (Å²) in [6.07, 6.45) is 4.16. The lowest BCUT2D eigenvalue weighted by Gasteiger charge is -2.14. The fourth-order valence-electron chi connectivity index (χ4n) is 3.26. The summed E-state index contributed by atoms with van der Waals surface area (Å²) >= 11 is 6.28. The number of nitrogens with one attached hydrogen (secondary N) is 3. The maximum atomic E-state index is 15.6. The van der Waals surface area contributed by atoms with E-state index in [0.29, 0.717) is 29.4 Å². The van der Waals surface area contributed by atoms with E-state index in [0.717, 1.165) is 0 Å². The van der Waals surface area contributed by atoms with Crippen LogP contribution in [0.3, 0.4) is 0 Å². The Morgan fingerprint density at radius 1 is 1.31 bits per heavy atom. The molecule has 0 aliphatic carbocycles. The van der Waals surface area contributed by atoms with Crippen LogP contribution in [-0.2, 0) is 14.4 Å². The van der Waals surface area contributed by atoms with Gasteiger partial charge in [0.05, 0.1) is 18.5 Å². The van der Waals surface area contributed by atoms with E-state index in [4.69, 9.17) is 11.6 Å². The van der Waals surface area contributed by atoms with E-state index in [1.807, 2.05) is 13.8 Å². The highest BCUT2D eigenvalue weighted by Crippen LogP contribution is 2.37. The van der Waals surface area contributed by atoms with Crippen molar-refractivity contribution >= 4 is 44.9 Å². The molecule has 3 aromatic rings. The second-order valence-electron chi connectivity index (χ2n) is 8.57. The number of hydrogen-bond donors (Lipinski definition) is 3. The van der Waals surface area contributed by atoms with Gasteiger partial charge >= 0.3 is 6.09 Å². The molecule has 2 heterocycles. The second kappa shape index (κ2) is 11.1. The molecule has 2 aromatic heterocycles. The summed E-state index contributed by atoms with van der Waals surface area (Å²) in [5.74, 6) is 3.17. The maximum absolute atomic E-state index is 15.6. The molecule has 0 saturated heterocycles. The van der Waals surface area contributed by atoms with Gasteiger partial charge in [0, 0.05) is 63.1 Å². The first-order valence-electron chi connectivity index (χ1n) is 11.0. The molecule has 13 heteroatoms. The summed E-state index contributed by atoms with van der Waals surface area (Å²) in [7, 11) is -1.46. The molecule has 0 spiro atoms. The van der Waals surface area contributed by atoms with Gasteiger partial charge in [0.15, 0.2) is 5.82 Å². The third-order valence-electron chi connectivity index (χ3n) is 4.93. The largest absolute Gasteiger partial charge is 0.453 e. The second-order valence-corrected chi connectivity index (χ2v) is 11.2. The molecule has 194 valence electrons. The van der Waals surface area contributed by atoms with E-state index in [1.165, 1.54) is 25.5 Å². The third kappa shape index (κ3) is 6.85. The Bertz CT molecular complexity index is 1360. The number of carbonyl (C=O) groups is 1. The van der Waals surface area contributed by atoms with Gasteiger partial charge in [0.2, 0.25) is 5.95 Å². The molecule has 10 nitrogen and oxygen atoms in total. The van der Waals surface area contributed by atoms with Gasteiger partial charge < -0.3 is 20.1 Å². The van der Waals surface area contributed by atoms with Crippen molar-refractivity contribution in [2.75, 3.05) is 29.9 Å². The smallest absolute Gasteiger partial charge is 0.407 e. The van der Waals surface area contributed by atoms with Crippen LogP contribution >= 0.6 is 11.6 Å². The summed E-state index contributed by atoms with van der Waals surface area (Å²) in [4.78, 5) is 20.2. The van der Waals surface area contributed by atoms with Crippen LogP contribution in [0.1, 0.15) is 26.8 Å². The van der Waals surface area contributed by atoms with Gasteiger partial charge in [-0.15, -0.1) is 0 Å². The molecule has 0 aliphatic heterocycles. The minimum Gasteiger partial charge on any atom is -0.453 e. The van der Waals surface area contributed by atoms with Crippen molar-refractivity contribution in [3.63, 3.8) is 0 Å². The number of rotatable bonds is 9. The molecule has 1 aromatic carbocycles. The Balaban J connectivity index is 2.03. The highest BCUT2D eigenvalue weighted by atomic mass is 35.5. The van der Waals surface area contributed by atoms with Gasteiger partial charge in [-0.1, -0.05) is 11.6 Å². The summed E-state index contributed by atoms with van der Waals surface area (Å²) in [6, 6.07) is 4.22. The molecular formula is C23H29ClFN7O3S. The molecule has 0 saturated carbocycles. The Kier molecular flexibility index (Phi) is 8.41. The number of aromatic nitrogens is 4. The number of ether oxygens (including phenoxy) is 1. The number of alkyl carbamates (subject to hydrolysis) is 1. The fraction of sp³-hybridized carbons (Fsp3) is 0.348. The molecule has 36 heavy (non-hydrogen) atoms. The van der Waals surface area contributed by atoms with E-state index in [-0.39, 0.29) is 28.4 Å². The van der Waals surface area contributed by atoms with Gasteiger partial charge in [0.1, 0.15) is 5.69 Å². The first kappa shape index (κ1) is 27.2. The van der Waals surface area contributed by atoms with Gasteiger partial charge in [0.25, 0.3) is 0 Å². The van der Waals surface area contributed by atoms with Gasteiger partial charge in [-0.05, 0) is 44.8 Å². The Labute approximate surface area is 214 Å². The zero-order valence-electron chi connectivity index (χ0n) is 20.6. The quantitative estimate of drug-likeness (QED) is 0.349. The van der Waals surface area contributed by atoms with Crippen molar-refractivity contribution < 1.29 is 18.1 Å². The predicted molar refractivity (Wildman–Crippen MR) is 142 cm³/mol. The van der Waals surface area contributed by atoms with Crippen molar-refractivity contribution in [3.05, 3.63) is 41.4 Å². The van der Waals surface area contributed by atoms with Crippen LogP contribution in [0.25, 0.3) is 22.5 Å². The molecule has 1 amide bonds. The number of methoxy groups -OCH3 is 1. The van der Waals surface area contributed by atoms with Crippen molar-refractivity contribution in [1.29, 1.82) is 0 Å². The van der Waals surface area contributed by atoms with Gasteiger partial charge in [-0.2, -0.15) is 5.10 Å². The number of amides is 1. The highest BCUT2D eigenvalue weighted by Gasteiger charge is 2.22. The lowest BCUT2D eigenvalue weighted by molar-refractivity contribution is 0.168. The summed E-state index contributed by atoms with van der Waals surface area (Å²) in [5, 5.41) is 10.6. The summed E-state index contributed by atoms with van der Waals surface area (Å²) in [5.41, 5.74) is 1.43. The summed E-state index contributed by atoms with van der Waals surface area (Å²) < 4.78 is 36.6. The molecule has 1 unspecified atom stereocenters. The molecule has 0 aliphatic rings. The van der Waals surface area contributed by atoms with Crippen LogP contribution in [-0.4, -0.2) is 61.9 Å². The van der Waals surface area contributed by atoms with Crippen LogP contribution in [0.4, 0.5) is 20.8 Å². The van der Waals surface area contributed by atoms with Crippen LogP contribution in [0.2, 0.25) is 5.02 Å². The van der Waals surface area contributed by atoms with Crippen molar-refractivity contribution in [2.45, 2.75) is 32.9 Å². The van der Waals surface area contributed by atoms with Crippen LogP contribution < -0.4 is 15.4 Å². The molecule has 0 fully saturated rings. The number of benzene rings is 1. The molecule has 0 radical (unpaired) electrons. The zero-order chi connectivity index (χ0) is 26.6. The lowest BCUT2D eigenvalue weighted by atomic mass is 10.0. The highest BCUT2D eigenvalue weighted by molar-refractivity contribution is 8.00. The number of carbonyl (C=O) groups excluding carboxylic acids is 1. The minimum absolute atomic E-state index is 0.0174. The third-order valence-corrected chi connectivity index (χ3v) is 5.80. The number of nitrogens with zero attached hydrogens (tertiary/aromatic N) is 4. The monoisotopic (exact) mass is 537 g/mol. The van der Waals surface area contributed by atoms with E-state index in [2.05, 4.69) is 41.0 Å². The predicted octanol–water partition coefficient (Wildman–Crippen LogP) is 4.21. The van der Waals surface area contributed by atoms with Crippen LogP contribution in [0, 0.1) is 5.82 Å². The fourth-order valence-corrected chi connectivity index (χ4v) is 4.09. The van der Waals surface area contributed by atoms with Gasteiger partial charge in [-0.3, -0.25) is 4.68 Å². The molecule has 3 rings (SSSR count). The Morgan fingerprint density at radius 2 is 2.03 bits per heavy atom. The first-order chi connectivity index (χ1) is 16.9. The topological polar surface area (TPSA) is 123 Å². The number of hydrogen-bond acceptors (Lipinski definition) is 7. The van der Waals surface area contributed by atoms with E-state index in [1.54, 1.807) is 30.1 Å². The number of anilines is 2. The Morgan fingerprint density at radius 3 is 2.67 bits per heavy atom. The minimum atomic E-state index is -2.75. The standard InChI is InChI=1S/C23H29ClFN7O3S/c1-13(2)32-12-17(18-7-8-26-22(29-18)27-11-14(3)28-23(33)35-4)21(30-32)16-9-15(24)10-19(20(16)25)31-36(5,6)34/h7-10,12-14H,5,11H2,1-4,6H3,(H,28,33)(H,31,34)(H,26,27,29)/t14-,36?/m0/s1. The average Bonchev–Trinajstić information content (AvgIpc) is 3.25.